The average molecular weight is 189 g/mol. The maximum Gasteiger partial charge on any atom is 0.391 e. The average Bonchev–Trinajstić information content (AvgIpc) is 2.21. The van der Waals surface area contributed by atoms with Crippen LogP contribution < -0.4 is 0 Å². The fraction of sp³-hybridized carbons (Fsp3) is 0. The largest absolute Gasteiger partial charge is 0.391 e. The molecular formula is C11H9OS+. The predicted octanol–water partition coefficient (Wildman–Crippen LogP) is 3.71. The van der Waals surface area contributed by atoms with Gasteiger partial charge in [-0.3, -0.25) is 0 Å². The summed E-state index contributed by atoms with van der Waals surface area (Å²) in [4.78, 5) is 1.19. The van der Waals surface area contributed by atoms with Crippen LogP contribution in [0.5, 0.6) is 0 Å². The van der Waals surface area contributed by atoms with Crippen LogP contribution in [0.1, 0.15) is 0 Å². The van der Waals surface area contributed by atoms with E-state index >= 15 is 0 Å². The van der Waals surface area contributed by atoms with Crippen LogP contribution in [0.4, 0.5) is 0 Å². The third kappa shape index (κ3) is 2.33. The number of rotatable bonds is 2. The van der Waals surface area contributed by atoms with Gasteiger partial charge in [0.2, 0.25) is 0 Å². The molecular weight excluding hydrogens is 180 g/mol. The highest BCUT2D eigenvalue weighted by molar-refractivity contribution is 7.99. The fourth-order valence-corrected chi connectivity index (χ4v) is 1.76. The Hall–Kier alpha value is -1.28. The van der Waals surface area contributed by atoms with E-state index in [9.17, 15) is 0 Å². The van der Waals surface area contributed by atoms with Crippen molar-refractivity contribution < 1.29 is 4.42 Å². The summed E-state index contributed by atoms with van der Waals surface area (Å²) in [6.07, 6.45) is 1.69. The molecule has 1 aromatic carbocycles. The molecule has 0 atom stereocenters. The zero-order chi connectivity index (χ0) is 8.93. The molecule has 0 aliphatic heterocycles. The van der Waals surface area contributed by atoms with Crippen molar-refractivity contribution in [2.45, 2.75) is 9.99 Å². The summed E-state index contributed by atoms with van der Waals surface area (Å²) in [6.45, 7) is 0. The summed E-state index contributed by atoms with van der Waals surface area (Å²) in [5.41, 5.74) is 0. The van der Waals surface area contributed by atoms with Crippen LogP contribution in [0, 0.1) is 0 Å². The monoisotopic (exact) mass is 189 g/mol. The maximum absolute atomic E-state index is 5.29. The molecule has 0 aliphatic rings. The van der Waals surface area contributed by atoms with Gasteiger partial charge in [0.15, 0.2) is 0 Å². The maximum atomic E-state index is 5.29. The van der Waals surface area contributed by atoms with E-state index in [0.29, 0.717) is 0 Å². The van der Waals surface area contributed by atoms with Crippen molar-refractivity contribution in [3.63, 3.8) is 0 Å². The van der Waals surface area contributed by atoms with Crippen molar-refractivity contribution in [1.29, 1.82) is 0 Å². The smallest absolute Gasteiger partial charge is 0.208 e. The first-order valence-electron chi connectivity index (χ1n) is 4.05. The van der Waals surface area contributed by atoms with Gasteiger partial charge in [0.1, 0.15) is 0 Å². The Labute approximate surface area is 81.4 Å². The van der Waals surface area contributed by atoms with Gasteiger partial charge in [-0.2, -0.15) is 0 Å². The molecule has 0 spiro atoms. The van der Waals surface area contributed by atoms with E-state index in [1.165, 1.54) is 4.90 Å². The Morgan fingerprint density at radius 1 is 0.846 bits per heavy atom. The minimum atomic E-state index is 0.911. The topological polar surface area (TPSA) is 11.3 Å². The molecule has 2 rings (SSSR count). The minimum Gasteiger partial charge on any atom is -0.208 e. The summed E-state index contributed by atoms with van der Waals surface area (Å²) in [6, 6.07) is 16.0. The fourth-order valence-electron chi connectivity index (χ4n) is 0.988. The molecule has 0 aliphatic carbocycles. The standard InChI is InChI=1S/C11H9OS/c1-2-6-10(7-3-1)13-11-8-4-5-9-12-11/h1-9H/q+1. The highest BCUT2D eigenvalue weighted by Crippen LogP contribution is 2.26. The van der Waals surface area contributed by atoms with Gasteiger partial charge in [0, 0.05) is 22.7 Å². The Balaban J connectivity index is 2.16. The predicted molar refractivity (Wildman–Crippen MR) is 53.7 cm³/mol. The van der Waals surface area contributed by atoms with Crippen LogP contribution >= 0.6 is 11.8 Å². The summed E-state index contributed by atoms with van der Waals surface area (Å²) >= 11 is 1.62. The number of benzene rings is 1. The van der Waals surface area contributed by atoms with Crippen LogP contribution in [0.3, 0.4) is 0 Å². The summed E-state index contributed by atoms with van der Waals surface area (Å²) in [7, 11) is 0. The second-order valence-electron chi connectivity index (χ2n) is 2.54. The van der Waals surface area contributed by atoms with Gasteiger partial charge in [-0.05, 0) is 18.2 Å². The van der Waals surface area contributed by atoms with E-state index in [-0.39, 0.29) is 0 Å². The zero-order valence-corrected chi connectivity index (χ0v) is 7.83. The molecule has 0 fully saturated rings. The molecule has 0 N–H and O–H groups in total. The van der Waals surface area contributed by atoms with Crippen molar-refractivity contribution in [1.82, 2.24) is 0 Å². The molecule has 0 amide bonds. The highest BCUT2D eigenvalue weighted by atomic mass is 32.2. The van der Waals surface area contributed by atoms with Crippen LogP contribution in [-0.4, -0.2) is 0 Å². The molecule has 0 bridgehead atoms. The van der Waals surface area contributed by atoms with Crippen molar-refractivity contribution in [3.8, 4) is 0 Å². The van der Waals surface area contributed by atoms with Gasteiger partial charge in [0.05, 0.1) is 6.07 Å². The Kier molecular flexibility index (Phi) is 2.62. The molecule has 1 heterocycles. The molecule has 2 aromatic rings. The third-order valence-corrected chi connectivity index (χ3v) is 2.51. The van der Waals surface area contributed by atoms with Gasteiger partial charge in [0.25, 0.3) is 0 Å². The summed E-state index contributed by atoms with van der Waals surface area (Å²) in [5.74, 6) is 0. The lowest BCUT2D eigenvalue weighted by atomic mass is 10.4. The SMILES string of the molecule is c1ccc(Sc2cccc[o+]2)cc1. The molecule has 0 saturated heterocycles. The van der Waals surface area contributed by atoms with Crippen LogP contribution in [0.25, 0.3) is 0 Å². The molecule has 0 unspecified atom stereocenters. The molecule has 0 radical (unpaired) electrons. The van der Waals surface area contributed by atoms with Gasteiger partial charge >= 0.3 is 11.4 Å². The summed E-state index contributed by atoms with van der Waals surface area (Å²) < 4.78 is 5.29. The van der Waals surface area contributed by atoms with Crippen molar-refractivity contribution in [2.75, 3.05) is 0 Å². The van der Waals surface area contributed by atoms with Crippen molar-refractivity contribution >= 4 is 11.8 Å². The van der Waals surface area contributed by atoms with Gasteiger partial charge in [-0.15, -0.1) is 0 Å². The van der Waals surface area contributed by atoms with E-state index in [4.69, 9.17) is 4.42 Å². The number of hydrogen-bond acceptors (Lipinski definition) is 1. The van der Waals surface area contributed by atoms with Crippen LogP contribution in [-0.2, 0) is 0 Å². The Morgan fingerprint density at radius 3 is 2.31 bits per heavy atom. The van der Waals surface area contributed by atoms with Crippen molar-refractivity contribution in [3.05, 3.63) is 54.8 Å². The van der Waals surface area contributed by atoms with E-state index in [0.717, 1.165) is 5.09 Å². The van der Waals surface area contributed by atoms with E-state index < -0.39 is 0 Å². The molecule has 1 nitrogen and oxygen atoms in total. The zero-order valence-electron chi connectivity index (χ0n) is 7.01. The Bertz CT molecular complexity index is 321. The first-order valence-corrected chi connectivity index (χ1v) is 4.86. The number of hydrogen-bond donors (Lipinski definition) is 0. The van der Waals surface area contributed by atoms with Gasteiger partial charge in [-0.25, -0.2) is 4.42 Å². The lowest BCUT2D eigenvalue weighted by Gasteiger charge is -1.91. The molecule has 64 valence electrons. The highest BCUT2D eigenvalue weighted by Gasteiger charge is 2.06. The van der Waals surface area contributed by atoms with E-state index in [1.54, 1.807) is 18.0 Å². The van der Waals surface area contributed by atoms with Crippen LogP contribution in [0.15, 0.2) is 69.2 Å². The molecule has 13 heavy (non-hydrogen) atoms. The lowest BCUT2D eigenvalue weighted by Crippen LogP contribution is -1.70. The molecule has 0 saturated carbocycles. The van der Waals surface area contributed by atoms with Crippen molar-refractivity contribution in [2.24, 2.45) is 0 Å². The lowest BCUT2D eigenvalue weighted by molar-refractivity contribution is 0.455. The quantitative estimate of drug-likeness (QED) is 0.667. The van der Waals surface area contributed by atoms with Crippen LogP contribution in [0.2, 0.25) is 0 Å². The normalized spacial score (nSPS) is 9.85. The molecule has 1 aromatic heterocycles. The summed E-state index contributed by atoms with van der Waals surface area (Å²) in [5, 5.41) is 0.911. The van der Waals surface area contributed by atoms with Gasteiger partial charge < -0.3 is 0 Å². The second-order valence-corrected chi connectivity index (χ2v) is 3.62. The third-order valence-electron chi connectivity index (χ3n) is 1.57. The first kappa shape index (κ1) is 8.32. The Morgan fingerprint density at radius 2 is 1.62 bits per heavy atom. The first-order chi connectivity index (χ1) is 6.45. The molecule has 2 heteroatoms. The van der Waals surface area contributed by atoms with E-state index in [2.05, 4.69) is 12.1 Å². The van der Waals surface area contributed by atoms with E-state index in [1.807, 2.05) is 36.4 Å². The van der Waals surface area contributed by atoms with Gasteiger partial charge in [-0.1, -0.05) is 18.2 Å². The second kappa shape index (κ2) is 4.10. The minimum absolute atomic E-state index is 0.911.